The van der Waals surface area contributed by atoms with E-state index in [0.717, 1.165) is 10.8 Å². The number of rotatable bonds is 4. The van der Waals surface area contributed by atoms with Crippen molar-refractivity contribution >= 4 is 23.1 Å². The molecule has 0 heterocycles. The van der Waals surface area contributed by atoms with E-state index in [1.54, 1.807) is 13.0 Å². The van der Waals surface area contributed by atoms with Crippen LogP contribution < -0.4 is 10.6 Å². The smallest absolute Gasteiger partial charge is 0.253 e. The lowest BCUT2D eigenvalue weighted by Crippen LogP contribution is -2.42. The molecule has 0 radical (unpaired) electrons. The van der Waals surface area contributed by atoms with Gasteiger partial charge in [0.2, 0.25) is 6.41 Å². The summed E-state index contributed by atoms with van der Waals surface area (Å²) in [6.45, 7) is 1.71. The molecule has 2 aromatic carbocycles. The molecular weight excluding hydrogens is 228 g/mol. The van der Waals surface area contributed by atoms with Crippen LogP contribution in [0.3, 0.4) is 0 Å². The molecule has 0 saturated heterocycles. The van der Waals surface area contributed by atoms with Crippen LogP contribution in [0.2, 0.25) is 0 Å². The molecule has 4 heteroatoms. The van der Waals surface area contributed by atoms with E-state index >= 15 is 0 Å². The van der Waals surface area contributed by atoms with Crippen molar-refractivity contribution in [3.63, 3.8) is 0 Å². The van der Waals surface area contributed by atoms with Gasteiger partial charge in [-0.3, -0.25) is 9.59 Å². The van der Waals surface area contributed by atoms with Crippen LogP contribution in [0.4, 0.5) is 0 Å². The fourth-order valence-corrected chi connectivity index (χ4v) is 1.84. The van der Waals surface area contributed by atoms with Gasteiger partial charge in [-0.15, -0.1) is 0 Å². The lowest BCUT2D eigenvalue weighted by Gasteiger charge is -2.13. The van der Waals surface area contributed by atoms with Crippen molar-refractivity contribution < 1.29 is 9.59 Å². The number of hydrogen-bond donors (Lipinski definition) is 2. The standard InChI is InChI=1S/C14H14N2O2/c1-10(15-9-17)16-14(18)13-8-4-6-11-5-2-3-7-12(11)13/h2-10H,1H3,(H,15,17)(H,16,18). The molecule has 92 valence electrons. The first-order valence-corrected chi connectivity index (χ1v) is 5.70. The van der Waals surface area contributed by atoms with Crippen molar-refractivity contribution in [1.29, 1.82) is 0 Å². The Morgan fingerprint density at radius 1 is 1.17 bits per heavy atom. The first-order valence-electron chi connectivity index (χ1n) is 5.70. The monoisotopic (exact) mass is 242 g/mol. The van der Waals surface area contributed by atoms with Gasteiger partial charge >= 0.3 is 0 Å². The van der Waals surface area contributed by atoms with Crippen molar-refractivity contribution in [3.05, 3.63) is 48.0 Å². The van der Waals surface area contributed by atoms with Gasteiger partial charge in [0.15, 0.2) is 0 Å². The molecule has 0 bridgehead atoms. The Kier molecular flexibility index (Phi) is 3.57. The average molecular weight is 242 g/mol. The zero-order valence-electron chi connectivity index (χ0n) is 10.0. The van der Waals surface area contributed by atoms with Crippen molar-refractivity contribution in [2.75, 3.05) is 0 Å². The maximum Gasteiger partial charge on any atom is 0.253 e. The van der Waals surface area contributed by atoms with E-state index < -0.39 is 6.17 Å². The Labute approximate surface area is 105 Å². The largest absolute Gasteiger partial charge is 0.339 e. The van der Waals surface area contributed by atoms with Gasteiger partial charge < -0.3 is 10.6 Å². The quantitative estimate of drug-likeness (QED) is 0.633. The minimum Gasteiger partial charge on any atom is -0.339 e. The fourth-order valence-electron chi connectivity index (χ4n) is 1.84. The second-order valence-electron chi connectivity index (χ2n) is 4.01. The van der Waals surface area contributed by atoms with E-state index in [0.29, 0.717) is 12.0 Å². The van der Waals surface area contributed by atoms with Crippen LogP contribution in [-0.4, -0.2) is 18.5 Å². The summed E-state index contributed by atoms with van der Waals surface area (Å²) in [7, 11) is 0. The molecule has 0 spiro atoms. The SMILES string of the molecule is CC(NC=O)NC(=O)c1cccc2ccccc12. The third kappa shape index (κ3) is 2.48. The maximum absolute atomic E-state index is 12.1. The summed E-state index contributed by atoms with van der Waals surface area (Å²) >= 11 is 0. The Hall–Kier alpha value is -2.36. The number of benzene rings is 2. The van der Waals surface area contributed by atoms with Crippen LogP contribution >= 0.6 is 0 Å². The first-order chi connectivity index (χ1) is 8.72. The molecule has 2 rings (SSSR count). The van der Waals surface area contributed by atoms with Gasteiger partial charge in [-0.1, -0.05) is 36.4 Å². The van der Waals surface area contributed by atoms with Crippen LogP contribution in [0.5, 0.6) is 0 Å². The van der Waals surface area contributed by atoms with Gasteiger partial charge in [-0.05, 0) is 23.8 Å². The average Bonchev–Trinajstić information content (AvgIpc) is 2.38. The van der Waals surface area contributed by atoms with E-state index in [9.17, 15) is 9.59 Å². The lowest BCUT2D eigenvalue weighted by molar-refractivity contribution is -0.110. The van der Waals surface area contributed by atoms with Crippen molar-refractivity contribution in [2.24, 2.45) is 0 Å². The number of hydrogen-bond acceptors (Lipinski definition) is 2. The molecule has 2 amide bonds. The Morgan fingerprint density at radius 3 is 2.67 bits per heavy atom. The molecule has 0 saturated carbocycles. The summed E-state index contributed by atoms with van der Waals surface area (Å²) in [5.41, 5.74) is 0.604. The second-order valence-corrected chi connectivity index (χ2v) is 4.01. The molecule has 4 nitrogen and oxygen atoms in total. The topological polar surface area (TPSA) is 58.2 Å². The van der Waals surface area contributed by atoms with Gasteiger partial charge in [0.1, 0.15) is 0 Å². The summed E-state index contributed by atoms with van der Waals surface area (Å²) in [5.74, 6) is -0.200. The van der Waals surface area contributed by atoms with Gasteiger partial charge in [0.25, 0.3) is 5.91 Å². The predicted molar refractivity (Wildman–Crippen MR) is 70.1 cm³/mol. The molecular formula is C14H14N2O2. The summed E-state index contributed by atoms with van der Waals surface area (Å²) in [4.78, 5) is 22.4. The molecule has 2 aromatic rings. The molecule has 0 fully saturated rings. The lowest BCUT2D eigenvalue weighted by atomic mass is 10.0. The molecule has 0 aromatic heterocycles. The summed E-state index contributed by atoms with van der Waals surface area (Å²) < 4.78 is 0. The van der Waals surface area contributed by atoms with Crippen LogP contribution in [0.25, 0.3) is 10.8 Å². The highest BCUT2D eigenvalue weighted by molar-refractivity contribution is 6.07. The molecule has 2 N–H and O–H groups in total. The van der Waals surface area contributed by atoms with Gasteiger partial charge in [0.05, 0.1) is 6.17 Å². The zero-order chi connectivity index (χ0) is 13.0. The highest BCUT2D eigenvalue weighted by Gasteiger charge is 2.11. The van der Waals surface area contributed by atoms with Crippen LogP contribution in [0.1, 0.15) is 17.3 Å². The van der Waals surface area contributed by atoms with Gasteiger partial charge in [-0.2, -0.15) is 0 Å². The molecule has 0 aliphatic rings. The number of nitrogens with one attached hydrogen (secondary N) is 2. The van der Waals surface area contributed by atoms with E-state index in [-0.39, 0.29) is 5.91 Å². The Balaban J connectivity index is 2.30. The summed E-state index contributed by atoms with van der Waals surface area (Å²) in [6.07, 6.45) is 0.169. The third-order valence-corrected chi connectivity index (χ3v) is 2.70. The maximum atomic E-state index is 12.1. The highest BCUT2D eigenvalue weighted by atomic mass is 16.2. The van der Waals surface area contributed by atoms with Crippen molar-refractivity contribution in [3.8, 4) is 0 Å². The van der Waals surface area contributed by atoms with E-state index in [2.05, 4.69) is 10.6 Å². The minimum atomic E-state index is -0.394. The van der Waals surface area contributed by atoms with E-state index in [4.69, 9.17) is 0 Å². The third-order valence-electron chi connectivity index (χ3n) is 2.70. The fraction of sp³-hybridized carbons (Fsp3) is 0.143. The zero-order valence-corrected chi connectivity index (χ0v) is 10.0. The van der Waals surface area contributed by atoms with Crippen molar-refractivity contribution in [2.45, 2.75) is 13.1 Å². The van der Waals surface area contributed by atoms with Crippen LogP contribution in [0, 0.1) is 0 Å². The molecule has 0 aliphatic carbocycles. The van der Waals surface area contributed by atoms with Crippen LogP contribution in [-0.2, 0) is 4.79 Å². The number of carbonyl (C=O) groups is 2. The first kappa shape index (κ1) is 12.1. The number of carbonyl (C=O) groups excluding carboxylic acids is 2. The minimum absolute atomic E-state index is 0.200. The van der Waals surface area contributed by atoms with Crippen molar-refractivity contribution in [1.82, 2.24) is 10.6 Å². The Bertz CT molecular complexity index is 576. The molecule has 1 atom stereocenters. The molecule has 1 unspecified atom stereocenters. The molecule has 0 aliphatic heterocycles. The van der Waals surface area contributed by atoms with Gasteiger partial charge in [-0.25, -0.2) is 0 Å². The predicted octanol–water partition coefficient (Wildman–Crippen LogP) is 1.66. The second kappa shape index (κ2) is 5.31. The summed E-state index contributed by atoms with van der Waals surface area (Å²) in [5, 5.41) is 7.10. The molecule has 18 heavy (non-hydrogen) atoms. The van der Waals surface area contributed by atoms with E-state index in [1.165, 1.54) is 0 Å². The number of amides is 2. The Morgan fingerprint density at radius 2 is 1.89 bits per heavy atom. The van der Waals surface area contributed by atoms with Crippen LogP contribution in [0.15, 0.2) is 42.5 Å². The summed E-state index contributed by atoms with van der Waals surface area (Å²) in [6, 6.07) is 13.3. The highest BCUT2D eigenvalue weighted by Crippen LogP contribution is 2.18. The normalized spacial score (nSPS) is 11.8. The van der Waals surface area contributed by atoms with Gasteiger partial charge in [0, 0.05) is 5.56 Å². The van der Waals surface area contributed by atoms with E-state index in [1.807, 2.05) is 36.4 Å². The number of fused-ring (bicyclic) bond motifs is 1.